The molecule has 1 aromatic heterocycles. The lowest BCUT2D eigenvalue weighted by Gasteiger charge is -2.24. The van der Waals surface area contributed by atoms with Crippen molar-refractivity contribution in [3.05, 3.63) is 23.5 Å². The third-order valence-corrected chi connectivity index (χ3v) is 2.66. The van der Waals surface area contributed by atoms with Crippen LogP contribution >= 0.6 is 11.6 Å². The fraction of sp³-hybridized carbons (Fsp3) is 0.500. The van der Waals surface area contributed by atoms with Gasteiger partial charge in [-0.2, -0.15) is 0 Å². The van der Waals surface area contributed by atoms with Crippen LogP contribution in [0.25, 0.3) is 0 Å². The van der Waals surface area contributed by atoms with Gasteiger partial charge in [0.25, 0.3) is 5.91 Å². The summed E-state index contributed by atoms with van der Waals surface area (Å²) >= 11 is 5.63. The van der Waals surface area contributed by atoms with Crippen molar-refractivity contribution in [2.45, 2.75) is 32.7 Å². The molecule has 5 heteroatoms. The standard InChI is InChI=1S/C12H17ClN2O2/c1-4-12(2,3)15-11(16)8-17-9-5-6-10(13)14-7-9/h5-7H,4,8H2,1-3H3,(H,15,16). The van der Waals surface area contributed by atoms with E-state index in [0.29, 0.717) is 10.9 Å². The van der Waals surface area contributed by atoms with Gasteiger partial charge in [0.15, 0.2) is 6.61 Å². The van der Waals surface area contributed by atoms with Crippen molar-refractivity contribution >= 4 is 17.5 Å². The molecular formula is C12H17ClN2O2. The van der Waals surface area contributed by atoms with Gasteiger partial charge in [0.05, 0.1) is 6.20 Å². The predicted molar refractivity (Wildman–Crippen MR) is 67.3 cm³/mol. The van der Waals surface area contributed by atoms with Crippen molar-refractivity contribution in [2.24, 2.45) is 0 Å². The largest absolute Gasteiger partial charge is 0.482 e. The summed E-state index contributed by atoms with van der Waals surface area (Å²) in [6, 6.07) is 3.29. The molecule has 1 aromatic rings. The van der Waals surface area contributed by atoms with Gasteiger partial charge in [0.1, 0.15) is 10.9 Å². The monoisotopic (exact) mass is 256 g/mol. The zero-order valence-electron chi connectivity index (χ0n) is 10.3. The van der Waals surface area contributed by atoms with Crippen molar-refractivity contribution in [1.82, 2.24) is 10.3 Å². The lowest BCUT2D eigenvalue weighted by atomic mass is 10.0. The van der Waals surface area contributed by atoms with Crippen LogP contribution in [0.1, 0.15) is 27.2 Å². The van der Waals surface area contributed by atoms with Gasteiger partial charge in [-0.1, -0.05) is 18.5 Å². The van der Waals surface area contributed by atoms with Crippen LogP contribution in [0.5, 0.6) is 5.75 Å². The molecule has 1 heterocycles. The number of amides is 1. The summed E-state index contributed by atoms with van der Waals surface area (Å²) in [6.45, 7) is 5.93. The van der Waals surface area contributed by atoms with Crippen LogP contribution in [0.3, 0.4) is 0 Å². The minimum atomic E-state index is -0.210. The Bertz CT molecular complexity index is 377. The molecule has 4 nitrogen and oxygen atoms in total. The van der Waals surface area contributed by atoms with E-state index in [0.717, 1.165) is 6.42 Å². The Morgan fingerprint density at radius 1 is 1.53 bits per heavy atom. The molecule has 0 aromatic carbocycles. The van der Waals surface area contributed by atoms with E-state index in [2.05, 4.69) is 10.3 Å². The number of aromatic nitrogens is 1. The number of halogens is 1. The van der Waals surface area contributed by atoms with Crippen molar-refractivity contribution < 1.29 is 9.53 Å². The number of nitrogens with zero attached hydrogens (tertiary/aromatic N) is 1. The molecule has 0 radical (unpaired) electrons. The van der Waals surface area contributed by atoms with Crippen molar-refractivity contribution in [3.8, 4) is 5.75 Å². The fourth-order valence-electron chi connectivity index (χ4n) is 1.10. The number of carbonyl (C=O) groups is 1. The van der Waals surface area contributed by atoms with Crippen LogP contribution in [-0.4, -0.2) is 23.0 Å². The quantitative estimate of drug-likeness (QED) is 0.823. The molecule has 0 bridgehead atoms. The maximum absolute atomic E-state index is 11.6. The Kier molecular flexibility index (Phi) is 4.75. The SMILES string of the molecule is CCC(C)(C)NC(=O)COc1ccc(Cl)nc1. The molecule has 0 unspecified atom stereocenters. The summed E-state index contributed by atoms with van der Waals surface area (Å²) in [5, 5.41) is 3.27. The summed E-state index contributed by atoms with van der Waals surface area (Å²) in [7, 11) is 0. The van der Waals surface area contributed by atoms with E-state index in [1.165, 1.54) is 6.20 Å². The van der Waals surface area contributed by atoms with E-state index in [1.54, 1.807) is 12.1 Å². The van der Waals surface area contributed by atoms with Gasteiger partial charge >= 0.3 is 0 Å². The highest BCUT2D eigenvalue weighted by Gasteiger charge is 2.17. The molecule has 1 rings (SSSR count). The summed E-state index contributed by atoms with van der Waals surface area (Å²) in [5.41, 5.74) is -0.210. The minimum absolute atomic E-state index is 0.0211. The number of carbonyl (C=O) groups excluding carboxylic acids is 1. The smallest absolute Gasteiger partial charge is 0.258 e. The maximum Gasteiger partial charge on any atom is 0.258 e. The Balaban J connectivity index is 2.41. The lowest BCUT2D eigenvalue weighted by molar-refractivity contribution is -0.124. The zero-order chi connectivity index (χ0) is 12.9. The predicted octanol–water partition coefficient (Wildman–Crippen LogP) is 2.42. The number of rotatable bonds is 5. The second-order valence-corrected chi connectivity index (χ2v) is 4.78. The molecule has 0 saturated carbocycles. The summed E-state index contributed by atoms with van der Waals surface area (Å²) in [6.07, 6.45) is 2.35. The average molecular weight is 257 g/mol. The first-order valence-electron chi connectivity index (χ1n) is 5.48. The molecule has 1 amide bonds. The van der Waals surface area contributed by atoms with Crippen LogP contribution in [0, 0.1) is 0 Å². The number of ether oxygens (including phenoxy) is 1. The molecule has 1 N–H and O–H groups in total. The van der Waals surface area contributed by atoms with E-state index in [1.807, 2.05) is 20.8 Å². The minimum Gasteiger partial charge on any atom is -0.482 e. The number of hydrogen-bond donors (Lipinski definition) is 1. The first-order chi connectivity index (χ1) is 7.93. The normalized spacial score (nSPS) is 11.1. The molecule has 0 aliphatic carbocycles. The maximum atomic E-state index is 11.6. The van der Waals surface area contributed by atoms with E-state index in [-0.39, 0.29) is 18.1 Å². The van der Waals surface area contributed by atoms with Crippen LogP contribution in [0.15, 0.2) is 18.3 Å². The van der Waals surface area contributed by atoms with Crippen LogP contribution in [0.4, 0.5) is 0 Å². The van der Waals surface area contributed by atoms with Gasteiger partial charge in [-0.05, 0) is 32.4 Å². The third-order valence-electron chi connectivity index (χ3n) is 2.43. The Morgan fingerprint density at radius 2 is 2.24 bits per heavy atom. The Labute approximate surface area is 106 Å². The van der Waals surface area contributed by atoms with E-state index in [9.17, 15) is 4.79 Å². The van der Waals surface area contributed by atoms with E-state index >= 15 is 0 Å². The van der Waals surface area contributed by atoms with E-state index in [4.69, 9.17) is 16.3 Å². The Hall–Kier alpha value is -1.29. The van der Waals surface area contributed by atoms with Crippen LogP contribution < -0.4 is 10.1 Å². The van der Waals surface area contributed by atoms with Crippen molar-refractivity contribution in [1.29, 1.82) is 0 Å². The second kappa shape index (κ2) is 5.87. The first-order valence-corrected chi connectivity index (χ1v) is 5.86. The van der Waals surface area contributed by atoms with Crippen LogP contribution in [0.2, 0.25) is 5.15 Å². The van der Waals surface area contributed by atoms with Gasteiger partial charge in [0.2, 0.25) is 0 Å². The van der Waals surface area contributed by atoms with E-state index < -0.39 is 0 Å². The van der Waals surface area contributed by atoms with Gasteiger partial charge < -0.3 is 10.1 Å². The Morgan fingerprint density at radius 3 is 2.76 bits per heavy atom. The highest BCUT2D eigenvalue weighted by Crippen LogP contribution is 2.12. The van der Waals surface area contributed by atoms with Crippen LogP contribution in [-0.2, 0) is 4.79 Å². The first kappa shape index (κ1) is 13.8. The molecule has 0 aliphatic heterocycles. The topological polar surface area (TPSA) is 51.2 Å². The molecule has 0 saturated heterocycles. The number of nitrogens with one attached hydrogen (secondary N) is 1. The third kappa shape index (κ3) is 5.04. The fourth-order valence-corrected chi connectivity index (χ4v) is 1.21. The van der Waals surface area contributed by atoms with Gasteiger partial charge in [-0.3, -0.25) is 4.79 Å². The molecule has 0 fully saturated rings. The molecule has 0 atom stereocenters. The number of hydrogen-bond acceptors (Lipinski definition) is 3. The van der Waals surface area contributed by atoms with Gasteiger partial charge in [-0.25, -0.2) is 4.98 Å². The van der Waals surface area contributed by atoms with Gasteiger partial charge in [-0.15, -0.1) is 0 Å². The van der Waals surface area contributed by atoms with Crippen molar-refractivity contribution in [2.75, 3.05) is 6.61 Å². The highest BCUT2D eigenvalue weighted by molar-refractivity contribution is 6.29. The number of pyridine rings is 1. The molecule has 94 valence electrons. The molecule has 0 aliphatic rings. The lowest BCUT2D eigenvalue weighted by Crippen LogP contribution is -2.44. The molecule has 0 spiro atoms. The van der Waals surface area contributed by atoms with Gasteiger partial charge in [0, 0.05) is 5.54 Å². The summed E-state index contributed by atoms with van der Waals surface area (Å²) in [4.78, 5) is 15.4. The highest BCUT2D eigenvalue weighted by atomic mass is 35.5. The summed E-state index contributed by atoms with van der Waals surface area (Å²) < 4.78 is 5.28. The van der Waals surface area contributed by atoms with Crippen molar-refractivity contribution in [3.63, 3.8) is 0 Å². The summed E-state index contributed by atoms with van der Waals surface area (Å²) in [5.74, 6) is 0.380. The average Bonchev–Trinajstić information content (AvgIpc) is 2.28. The zero-order valence-corrected chi connectivity index (χ0v) is 11.0. The molecule has 17 heavy (non-hydrogen) atoms. The second-order valence-electron chi connectivity index (χ2n) is 4.39. The molecular weight excluding hydrogens is 240 g/mol.